The van der Waals surface area contributed by atoms with Crippen molar-refractivity contribution in [1.82, 2.24) is 9.80 Å². The van der Waals surface area contributed by atoms with Crippen LogP contribution in [-0.4, -0.2) is 50.1 Å². The lowest BCUT2D eigenvalue weighted by Crippen LogP contribution is -2.42. The Hall–Kier alpha value is -1.76. The normalized spacial score (nSPS) is 11.4. The van der Waals surface area contributed by atoms with Crippen LogP contribution >= 0.6 is 0 Å². The van der Waals surface area contributed by atoms with Crippen molar-refractivity contribution in [3.05, 3.63) is 29.8 Å². The fourth-order valence-electron chi connectivity index (χ4n) is 1.83. The summed E-state index contributed by atoms with van der Waals surface area (Å²) in [5.74, 6) is 0.175. The number of carbonyl (C=O) groups excluding carboxylic acids is 1. The van der Waals surface area contributed by atoms with Gasteiger partial charge in [0.25, 0.3) is 0 Å². The van der Waals surface area contributed by atoms with E-state index >= 15 is 0 Å². The third-order valence-electron chi connectivity index (χ3n) is 3.08. The molecule has 0 spiro atoms. The zero-order valence-electron chi connectivity index (χ0n) is 13.7. The Morgan fingerprint density at radius 1 is 1.27 bits per heavy atom. The molecule has 0 N–H and O–H groups in total. The lowest BCUT2D eigenvalue weighted by atomic mass is 10.2. The van der Waals surface area contributed by atoms with Crippen LogP contribution in [0.15, 0.2) is 24.3 Å². The van der Waals surface area contributed by atoms with Gasteiger partial charge in [0.15, 0.2) is 0 Å². The van der Waals surface area contributed by atoms with Crippen molar-refractivity contribution in [1.29, 1.82) is 0 Å². The number of carbonyl (C=O) groups is 1. The monoisotopic (exact) mass is 328 g/mol. The summed E-state index contributed by atoms with van der Waals surface area (Å²) in [5, 5.41) is 0. The highest BCUT2D eigenvalue weighted by Crippen LogP contribution is 2.18. The quantitative estimate of drug-likeness (QED) is 0.752. The predicted octanol–water partition coefficient (Wildman–Crippen LogP) is 2.31. The summed E-state index contributed by atoms with van der Waals surface area (Å²) in [6, 6.07) is 6.72. The Kier molecular flexibility index (Phi) is 6.22. The summed E-state index contributed by atoms with van der Waals surface area (Å²) < 4.78 is 28.0. The maximum absolute atomic E-state index is 12.2. The third-order valence-corrected chi connectivity index (χ3v) is 4.23. The van der Waals surface area contributed by atoms with Crippen LogP contribution in [-0.2, 0) is 16.7 Å². The van der Waals surface area contributed by atoms with E-state index in [1.54, 1.807) is 37.2 Å². The number of benzene rings is 1. The molecular formula is C15H24N2O4S. The highest BCUT2D eigenvalue weighted by molar-refractivity contribution is 7.87. The molecule has 1 aromatic rings. The first kappa shape index (κ1) is 18.3. The van der Waals surface area contributed by atoms with Crippen LogP contribution in [0.3, 0.4) is 0 Å². The molecule has 0 radical (unpaired) electrons. The van der Waals surface area contributed by atoms with Gasteiger partial charge in [-0.2, -0.15) is 8.42 Å². The van der Waals surface area contributed by atoms with Gasteiger partial charge in [-0.25, -0.2) is 4.79 Å². The molecule has 0 saturated heterocycles. The Morgan fingerprint density at radius 2 is 1.91 bits per heavy atom. The molecule has 0 unspecified atom stereocenters. The maximum atomic E-state index is 12.2. The molecule has 0 aliphatic heterocycles. The Labute approximate surface area is 132 Å². The number of hydrogen-bond donors (Lipinski definition) is 0. The zero-order chi connectivity index (χ0) is 16.9. The number of nitrogens with zero attached hydrogens (tertiary/aromatic N) is 2. The molecule has 124 valence electrons. The summed E-state index contributed by atoms with van der Waals surface area (Å²) in [6.45, 7) is 5.78. The molecule has 0 fully saturated rings. The van der Waals surface area contributed by atoms with Gasteiger partial charge in [-0.05, 0) is 38.5 Å². The predicted molar refractivity (Wildman–Crippen MR) is 86.3 cm³/mol. The van der Waals surface area contributed by atoms with Crippen molar-refractivity contribution < 1.29 is 17.4 Å². The molecule has 1 aromatic carbocycles. The average molecular weight is 328 g/mol. The molecule has 0 heterocycles. The van der Waals surface area contributed by atoms with E-state index in [2.05, 4.69) is 0 Å². The van der Waals surface area contributed by atoms with Gasteiger partial charge in [0, 0.05) is 26.7 Å². The topological polar surface area (TPSA) is 66.9 Å². The SMILES string of the molecule is CCS(=O)(=O)Oc1cccc(CN(C(=O)N(C)C)C(C)C)c1. The van der Waals surface area contributed by atoms with E-state index in [1.165, 1.54) is 11.8 Å². The van der Waals surface area contributed by atoms with E-state index in [0.717, 1.165) is 5.56 Å². The van der Waals surface area contributed by atoms with Crippen LogP contribution in [0.2, 0.25) is 0 Å². The maximum Gasteiger partial charge on any atom is 0.320 e. The van der Waals surface area contributed by atoms with Gasteiger partial charge in [0.05, 0.1) is 5.75 Å². The molecule has 6 nitrogen and oxygen atoms in total. The summed E-state index contributed by atoms with van der Waals surface area (Å²) in [4.78, 5) is 15.4. The highest BCUT2D eigenvalue weighted by Gasteiger charge is 2.19. The Balaban J connectivity index is 2.95. The second-order valence-electron chi connectivity index (χ2n) is 5.48. The van der Waals surface area contributed by atoms with Crippen LogP contribution < -0.4 is 4.18 Å². The average Bonchev–Trinajstić information content (AvgIpc) is 2.43. The van der Waals surface area contributed by atoms with E-state index in [-0.39, 0.29) is 23.6 Å². The van der Waals surface area contributed by atoms with Crippen molar-refractivity contribution in [2.75, 3.05) is 19.8 Å². The van der Waals surface area contributed by atoms with E-state index < -0.39 is 10.1 Å². The zero-order valence-corrected chi connectivity index (χ0v) is 14.6. The molecule has 0 atom stereocenters. The number of amides is 2. The number of urea groups is 1. The Morgan fingerprint density at radius 3 is 2.41 bits per heavy atom. The van der Waals surface area contributed by atoms with Crippen molar-refractivity contribution in [3.8, 4) is 5.75 Å². The van der Waals surface area contributed by atoms with Crippen LogP contribution in [0, 0.1) is 0 Å². The lowest BCUT2D eigenvalue weighted by molar-refractivity contribution is 0.153. The summed E-state index contributed by atoms with van der Waals surface area (Å²) in [6.07, 6.45) is 0. The third kappa shape index (κ3) is 5.22. The first-order valence-electron chi connectivity index (χ1n) is 7.15. The molecular weight excluding hydrogens is 304 g/mol. The molecule has 0 bridgehead atoms. The van der Waals surface area contributed by atoms with E-state index in [1.807, 2.05) is 19.9 Å². The van der Waals surface area contributed by atoms with Crippen molar-refractivity contribution in [3.63, 3.8) is 0 Å². The first-order chi connectivity index (χ1) is 10.2. The number of hydrogen-bond acceptors (Lipinski definition) is 4. The smallest absolute Gasteiger partial charge is 0.320 e. The second kappa shape index (κ2) is 7.49. The summed E-state index contributed by atoms with van der Waals surface area (Å²) >= 11 is 0. The van der Waals surface area contributed by atoms with E-state index in [0.29, 0.717) is 6.54 Å². The van der Waals surface area contributed by atoms with E-state index in [4.69, 9.17) is 4.18 Å². The Bertz CT molecular complexity index is 612. The summed E-state index contributed by atoms with van der Waals surface area (Å²) in [7, 11) is -0.154. The van der Waals surface area contributed by atoms with Crippen LogP contribution in [0.4, 0.5) is 4.79 Å². The lowest BCUT2D eigenvalue weighted by Gasteiger charge is -2.29. The van der Waals surface area contributed by atoms with Gasteiger partial charge in [0.1, 0.15) is 5.75 Å². The van der Waals surface area contributed by atoms with Gasteiger partial charge >= 0.3 is 16.1 Å². The largest absolute Gasteiger partial charge is 0.382 e. The molecule has 22 heavy (non-hydrogen) atoms. The van der Waals surface area contributed by atoms with Crippen LogP contribution in [0.5, 0.6) is 5.75 Å². The molecule has 2 amide bonds. The minimum atomic E-state index is -3.55. The second-order valence-corrected chi connectivity index (χ2v) is 7.34. The van der Waals surface area contributed by atoms with Crippen molar-refractivity contribution in [2.45, 2.75) is 33.4 Å². The number of rotatable bonds is 6. The van der Waals surface area contributed by atoms with Gasteiger partial charge in [0.2, 0.25) is 0 Å². The van der Waals surface area contributed by atoms with Gasteiger partial charge in [-0.3, -0.25) is 0 Å². The highest BCUT2D eigenvalue weighted by atomic mass is 32.2. The standard InChI is InChI=1S/C15H24N2O4S/c1-6-22(19,20)21-14-9-7-8-13(10-14)11-17(12(2)3)15(18)16(4)5/h7-10,12H,6,11H2,1-5H3. The fourth-order valence-corrected chi connectivity index (χ4v) is 2.34. The van der Waals surface area contributed by atoms with Crippen LogP contribution in [0.25, 0.3) is 0 Å². The minimum absolute atomic E-state index is 0.0267. The summed E-state index contributed by atoms with van der Waals surface area (Å²) in [5.41, 5.74) is 0.813. The van der Waals surface area contributed by atoms with Crippen molar-refractivity contribution >= 4 is 16.1 Å². The molecule has 0 saturated carbocycles. The minimum Gasteiger partial charge on any atom is -0.382 e. The van der Waals surface area contributed by atoms with Crippen LogP contribution in [0.1, 0.15) is 26.3 Å². The molecule has 1 rings (SSSR count). The van der Waals surface area contributed by atoms with Gasteiger partial charge in [-0.15, -0.1) is 0 Å². The molecule has 0 aliphatic carbocycles. The van der Waals surface area contributed by atoms with Crippen molar-refractivity contribution in [2.24, 2.45) is 0 Å². The van der Waals surface area contributed by atoms with E-state index in [9.17, 15) is 13.2 Å². The fraction of sp³-hybridized carbons (Fsp3) is 0.533. The molecule has 7 heteroatoms. The molecule has 0 aliphatic rings. The van der Waals surface area contributed by atoms with Gasteiger partial charge < -0.3 is 14.0 Å². The molecule has 0 aromatic heterocycles. The van der Waals surface area contributed by atoms with Gasteiger partial charge in [-0.1, -0.05) is 12.1 Å². The first-order valence-corrected chi connectivity index (χ1v) is 8.73.